The van der Waals surface area contributed by atoms with Crippen molar-refractivity contribution in [3.05, 3.63) is 107 Å². The molecule has 0 aromatic heterocycles. The van der Waals surface area contributed by atoms with Gasteiger partial charge in [-0.2, -0.15) is 0 Å². The maximum atomic E-state index is 14.2. The van der Waals surface area contributed by atoms with E-state index in [0.717, 1.165) is 55.9 Å². The Hall–Kier alpha value is -4.12. The van der Waals surface area contributed by atoms with Crippen molar-refractivity contribution in [3.8, 4) is 22.3 Å². The van der Waals surface area contributed by atoms with E-state index in [9.17, 15) is 18.0 Å². The fourth-order valence-electron chi connectivity index (χ4n) is 4.88. The molecule has 5 aromatic rings. The van der Waals surface area contributed by atoms with E-state index >= 15 is 0 Å². The molecule has 0 N–H and O–H groups in total. The summed E-state index contributed by atoms with van der Waals surface area (Å²) in [6, 6.07) is 21.1. The van der Waals surface area contributed by atoms with Crippen LogP contribution in [0.5, 0.6) is 0 Å². The van der Waals surface area contributed by atoms with Crippen molar-refractivity contribution in [2.75, 3.05) is 7.11 Å². The third-order valence-electron chi connectivity index (χ3n) is 6.57. The number of ether oxygens (including phenoxy) is 1. The molecule has 0 aliphatic rings. The number of esters is 1. The van der Waals surface area contributed by atoms with E-state index in [-0.39, 0.29) is 5.56 Å². The maximum Gasteiger partial charge on any atom is 0.338 e. The molecule has 0 amide bonds. The Kier molecular flexibility index (Phi) is 5.56. The van der Waals surface area contributed by atoms with Gasteiger partial charge in [0.15, 0.2) is 17.5 Å². The highest BCUT2D eigenvalue weighted by Crippen LogP contribution is 2.43. The lowest BCUT2D eigenvalue weighted by molar-refractivity contribution is 0.0600. The monoisotopic (exact) mass is 470 g/mol. The lowest BCUT2D eigenvalue weighted by atomic mass is 9.83. The van der Waals surface area contributed by atoms with Gasteiger partial charge in [0.1, 0.15) is 0 Å². The van der Waals surface area contributed by atoms with Gasteiger partial charge in [-0.25, -0.2) is 18.0 Å². The van der Waals surface area contributed by atoms with Gasteiger partial charge in [-0.3, -0.25) is 0 Å². The molecule has 5 rings (SSSR count). The average Bonchev–Trinajstić information content (AvgIpc) is 2.86. The summed E-state index contributed by atoms with van der Waals surface area (Å²) in [6.45, 7) is 3.74. The first-order valence-corrected chi connectivity index (χ1v) is 11.1. The smallest absolute Gasteiger partial charge is 0.338 e. The summed E-state index contributed by atoms with van der Waals surface area (Å²) in [5.74, 6) is -4.44. The SMILES string of the molecule is COC(=O)c1cc2ccccc2c(-c2c(C)c(-c3cc(F)c(F)c(F)c3)cc3ccccc23)c1C. The fourth-order valence-corrected chi connectivity index (χ4v) is 4.88. The summed E-state index contributed by atoms with van der Waals surface area (Å²) in [7, 11) is 1.34. The van der Waals surface area contributed by atoms with Crippen LogP contribution in [0.2, 0.25) is 0 Å². The van der Waals surface area contributed by atoms with Crippen molar-refractivity contribution in [1.82, 2.24) is 0 Å². The zero-order valence-electron chi connectivity index (χ0n) is 19.4. The molecule has 0 saturated carbocycles. The van der Waals surface area contributed by atoms with Crippen LogP contribution in [0.1, 0.15) is 21.5 Å². The quantitative estimate of drug-likeness (QED) is 0.196. The minimum Gasteiger partial charge on any atom is -0.465 e. The number of hydrogen-bond donors (Lipinski definition) is 0. The molecule has 0 fully saturated rings. The second kappa shape index (κ2) is 8.58. The third kappa shape index (κ3) is 3.64. The number of rotatable bonds is 3. The minimum atomic E-state index is -1.50. The second-order valence-electron chi connectivity index (χ2n) is 8.54. The van der Waals surface area contributed by atoms with E-state index in [1.165, 1.54) is 7.11 Å². The molecule has 5 heteroatoms. The summed E-state index contributed by atoms with van der Waals surface area (Å²) < 4.78 is 47.1. The molecule has 0 heterocycles. The van der Waals surface area contributed by atoms with Gasteiger partial charge < -0.3 is 4.74 Å². The number of benzene rings is 5. The first-order valence-electron chi connectivity index (χ1n) is 11.1. The van der Waals surface area contributed by atoms with Crippen LogP contribution in [0, 0.1) is 31.3 Å². The molecule has 0 spiro atoms. The predicted molar refractivity (Wildman–Crippen MR) is 133 cm³/mol. The van der Waals surface area contributed by atoms with E-state index < -0.39 is 23.4 Å². The van der Waals surface area contributed by atoms with E-state index in [1.807, 2.05) is 74.5 Å². The van der Waals surface area contributed by atoms with Crippen molar-refractivity contribution in [1.29, 1.82) is 0 Å². The molecule has 0 aliphatic carbocycles. The van der Waals surface area contributed by atoms with Crippen molar-refractivity contribution in [2.45, 2.75) is 13.8 Å². The number of methoxy groups -OCH3 is 1. The average molecular weight is 470 g/mol. The van der Waals surface area contributed by atoms with Gasteiger partial charge in [0.25, 0.3) is 0 Å². The Bertz CT molecular complexity index is 1630. The molecule has 2 nitrogen and oxygen atoms in total. The predicted octanol–water partition coefficient (Wildman–Crippen LogP) is 8.15. The number of carbonyl (C=O) groups excluding carboxylic acids is 1. The lowest BCUT2D eigenvalue weighted by Crippen LogP contribution is -2.06. The zero-order valence-corrected chi connectivity index (χ0v) is 19.4. The van der Waals surface area contributed by atoms with E-state index in [2.05, 4.69) is 0 Å². The van der Waals surface area contributed by atoms with Crippen LogP contribution >= 0.6 is 0 Å². The summed E-state index contributed by atoms with van der Waals surface area (Å²) in [4.78, 5) is 12.7. The standard InChI is InChI=1S/C30H21F3O2/c1-16-23(20-14-25(31)29(33)26(32)15-20)12-18-8-4-6-10-21(18)27(16)28-17(2)24(30(34)35-3)13-19-9-5-7-11-22(19)28/h4-15H,1-3H3. The molecule has 0 unspecified atom stereocenters. The van der Waals surface area contributed by atoms with E-state index in [1.54, 1.807) is 0 Å². The highest BCUT2D eigenvalue weighted by molar-refractivity contribution is 6.12. The highest BCUT2D eigenvalue weighted by Gasteiger charge is 2.22. The van der Waals surface area contributed by atoms with Gasteiger partial charge in [-0.05, 0) is 93.0 Å². The van der Waals surface area contributed by atoms with E-state index in [0.29, 0.717) is 11.1 Å². The Morgan fingerprint density at radius 3 is 1.80 bits per heavy atom. The summed E-state index contributed by atoms with van der Waals surface area (Å²) in [6.07, 6.45) is 0. The van der Waals surface area contributed by atoms with Crippen LogP contribution in [0.15, 0.2) is 72.8 Å². The Morgan fingerprint density at radius 2 is 1.23 bits per heavy atom. The molecule has 5 aromatic carbocycles. The van der Waals surface area contributed by atoms with Gasteiger partial charge in [-0.15, -0.1) is 0 Å². The summed E-state index contributed by atoms with van der Waals surface area (Å²) in [5.41, 5.74) is 4.40. The van der Waals surface area contributed by atoms with Gasteiger partial charge >= 0.3 is 5.97 Å². The molecule has 0 atom stereocenters. The normalized spacial score (nSPS) is 11.3. The molecule has 0 aliphatic heterocycles. The van der Waals surface area contributed by atoms with Crippen LogP contribution in [0.3, 0.4) is 0 Å². The van der Waals surface area contributed by atoms with Gasteiger partial charge in [0.05, 0.1) is 12.7 Å². The second-order valence-corrected chi connectivity index (χ2v) is 8.54. The Morgan fingerprint density at radius 1 is 0.714 bits per heavy atom. The van der Waals surface area contributed by atoms with Crippen molar-refractivity contribution in [3.63, 3.8) is 0 Å². The van der Waals surface area contributed by atoms with Crippen molar-refractivity contribution in [2.24, 2.45) is 0 Å². The minimum absolute atomic E-state index is 0.233. The van der Waals surface area contributed by atoms with Crippen LogP contribution < -0.4 is 0 Å². The molecule has 174 valence electrons. The van der Waals surface area contributed by atoms with Crippen LogP contribution in [-0.4, -0.2) is 13.1 Å². The summed E-state index contributed by atoms with van der Waals surface area (Å²) in [5, 5.41) is 3.56. The largest absolute Gasteiger partial charge is 0.465 e. The molecular formula is C30H21F3O2. The number of hydrogen-bond acceptors (Lipinski definition) is 2. The lowest BCUT2D eigenvalue weighted by Gasteiger charge is -2.21. The maximum absolute atomic E-state index is 14.2. The number of carbonyl (C=O) groups is 1. The van der Waals surface area contributed by atoms with Crippen molar-refractivity contribution >= 4 is 27.5 Å². The number of fused-ring (bicyclic) bond motifs is 2. The number of halogens is 3. The Balaban J connectivity index is 1.96. The van der Waals surface area contributed by atoms with Crippen LogP contribution in [-0.2, 0) is 4.74 Å². The molecule has 0 saturated heterocycles. The molecule has 0 bridgehead atoms. The first-order chi connectivity index (χ1) is 16.8. The van der Waals surface area contributed by atoms with Gasteiger partial charge in [0.2, 0.25) is 0 Å². The van der Waals surface area contributed by atoms with Crippen molar-refractivity contribution < 1.29 is 22.7 Å². The van der Waals surface area contributed by atoms with Gasteiger partial charge in [-0.1, -0.05) is 48.5 Å². The Labute approximate surface area is 200 Å². The first kappa shape index (κ1) is 22.7. The van der Waals surface area contributed by atoms with E-state index in [4.69, 9.17) is 4.74 Å². The summed E-state index contributed by atoms with van der Waals surface area (Å²) >= 11 is 0. The van der Waals surface area contributed by atoms with Gasteiger partial charge in [0, 0.05) is 0 Å². The van der Waals surface area contributed by atoms with Crippen LogP contribution in [0.25, 0.3) is 43.8 Å². The third-order valence-corrected chi connectivity index (χ3v) is 6.57. The molecular weight excluding hydrogens is 449 g/mol. The highest BCUT2D eigenvalue weighted by atomic mass is 19.2. The molecule has 35 heavy (non-hydrogen) atoms. The van der Waals surface area contributed by atoms with Crippen LogP contribution in [0.4, 0.5) is 13.2 Å². The molecule has 0 radical (unpaired) electrons. The topological polar surface area (TPSA) is 26.3 Å². The fraction of sp³-hybridized carbons (Fsp3) is 0.100. The zero-order chi connectivity index (χ0) is 24.9.